The third-order valence-corrected chi connectivity index (χ3v) is 4.60. The summed E-state index contributed by atoms with van der Waals surface area (Å²) in [5, 5.41) is 5.70. The number of unbranched alkanes of at least 4 members (excludes halogenated alkanes) is 3. The molecule has 0 saturated heterocycles. The lowest BCUT2D eigenvalue weighted by atomic mass is 10.1. The molecule has 1 aliphatic rings. The summed E-state index contributed by atoms with van der Waals surface area (Å²) in [6, 6.07) is 12.2. The van der Waals surface area contributed by atoms with E-state index in [0.29, 0.717) is 54.6 Å². The van der Waals surface area contributed by atoms with Crippen LogP contribution in [0.5, 0.6) is 11.5 Å². The molecule has 30 heavy (non-hydrogen) atoms. The summed E-state index contributed by atoms with van der Waals surface area (Å²) in [7, 11) is 0. The van der Waals surface area contributed by atoms with Crippen molar-refractivity contribution in [2.75, 3.05) is 30.4 Å². The zero-order valence-electron chi connectivity index (χ0n) is 16.8. The number of para-hydroxylation sites is 1. The number of rotatable bonds is 9. The summed E-state index contributed by atoms with van der Waals surface area (Å²) in [6.07, 6.45) is 4.19. The maximum atomic E-state index is 12.8. The molecule has 3 rings (SSSR count). The monoisotopic (exact) mass is 433 g/mol. The highest BCUT2D eigenvalue weighted by atomic mass is 35.5. The van der Waals surface area contributed by atoms with Gasteiger partial charge in [0.25, 0.3) is 5.91 Å². The Labute approximate surface area is 182 Å². The van der Waals surface area contributed by atoms with E-state index in [1.807, 2.05) is 0 Å². The zero-order chi connectivity index (χ0) is 20.5. The summed E-state index contributed by atoms with van der Waals surface area (Å²) in [4.78, 5) is 25.0. The molecule has 7 nitrogen and oxygen atoms in total. The first-order valence-electron chi connectivity index (χ1n) is 9.97. The summed E-state index contributed by atoms with van der Waals surface area (Å²) >= 11 is 0. The lowest BCUT2D eigenvalue weighted by molar-refractivity contribution is -0.116. The zero-order valence-corrected chi connectivity index (χ0v) is 17.6. The number of anilines is 2. The van der Waals surface area contributed by atoms with Gasteiger partial charge in [-0.3, -0.25) is 9.59 Å². The summed E-state index contributed by atoms with van der Waals surface area (Å²) in [5.74, 6) is 0.858. The quantitative estimate of drug-likeness (QED) is 0.519. The molecule has 0 fully saturated rings. The number of carbonyl (C=O) groups is 2. The van der Waals surface area contributed by atoms with Crippen molar-refractivity contribution in [1.82, 2.24) is 0 Å². The second kappa shape index (κ2) is 12.0. The van der Waals surface area contributed by atoms with Crippen molar-refractivity contribution in [2.45, 2.75) is 32.1 Å². The van der Waals surface area contributed by atoms with Crippen LogP contribution in [0.1, 0.15) is 42.5 Å². The van der Waals surface area contributed by atoms with Gasteiger partial charge in [-0.1, -0.05) is 25.0 Å². The minimum absolute atomic E-state index is 0. The summed E-state index contributed by atoms with van der Waals surface area (Å²) < 4.78 is 11.0. The van der Waals surface area contributed by atoms with Gasteiger partial charge in [0.1, 0.15) is 13.2 Å². The van der Waals surface area contributed by atoms with Crippen molar-refractivity contribution < 1.29 is 19.1 Å². The first-order chi connectivity index (χ1) is 14.2. The Morgan fingerprint density at radius 3 is 2.43 bits per heavy atom. The normalized spacial score (nSPS) is 11.9. The second-order valence-electron chi connectivity index (χ2n) is 6.86. The van der Waals surface area contributed by atoms with Crippen LogP contribution in [0.2, 0.25) is 0 Å². The summed E-state index contributed by atoms with van der Waals surface area (Å²) in [5.41, 5.74) is 6.97. The van der Waals surface area contributed by atoms with Gasteiger partial charge in [0.15, 0.2) is 11.5 Å². The molecule has 0 atom stereocenters. The topological polar surface area (TPSA) is 103 Å². The molecule has 2 aromatic carbocycles. The van der Waals surface area contributed by atoms with Gasteiger partial charge in [-0.25, -0.2) is 0 Å². The van der Waals surface area contributed by atoms with Gasteiger partial charge in [-0.05, 0) is 43.7 Å². The number of hydrogen-bond donors (Lipinski definition) is 3. The van der Waals surface area contributed by atoms with E-state index >= 15 is 0 Å². The number of amides is 2. The van der Waals surface area contributed by atoms with Gasteiger partial charge in [0.2, 0.25) is 5.91 Å². The first-order valence-corrected chi connectivity index (χ1v) is 9.97. The van der Waals surface area contributed by atoms with Gasteiger partial charge in [-0.15, -0.1) is 12.4 Å². The van der Waals surface area contributed by atoms with Crippen LogP contribution in [0, 0.1) is 0 Å². The Balaban J connectivity index is 0.00000320. The minimum atomic E-state index is -0.305. The highest BCUT2D eigenvalue weighted by Gasteiger charge is 2.16. The standard InChI is InChI=1S/C22H27N3O4.ClH/c23-12-6-2-1-3-9-21(26)25-18-8-5-4-7-17(18)22(27)24-16-10-11-19-20(15-16)29-14-13-28-19;/h4-5,7-8,10-11,15H,1-3,6,9,12-14,23H2,(H,24,27)(H,25,26);1H. The molecule has 1 heterocycles. The van der Waals surface area contributed by atoms with Crippen molar-refractivity contribution >= 4 is 35.6 Å². The molecule has 0 aliphatic carbocycles. The third-order valence-electron chi connectivity index (χ3n) is 4.60. The van der Waals surface area contributed by atoms with Crippen molar-refractivity contribution in [1.29, 1.82) is 0 Å². The Bertz CT molecular complexity index is 860. The summed E-state index contributed by atoms with van der Waals surface area (Å²) in [6.45, 7) is 1.67. The Hall–Kier alpha value is -2.77. The average Bonchev–Trinajstić information content (AvgIpc) is 2.74. The van der Waals surface area contributed by atoms with Crippen molar-refractivity contribution in [3.63, 3.8) is 0 Å². The van der Waals surface area contributed by atoms with Gasteiger partial charge < -0.3 is 25.8 Å². The molecule has 162 valence electrons. The smallest absolute Gasteiger partial charge is 0.257 e. The van der Waals surface area contributed by atoms with Crippen LogP contribution < -0.4 is 25.8 Å². The molecule has 0 saturated carbocycles. The molecule has 0 aromatic heterocycles. The number of halogens is 1. The SMILES string of the molecule is Cl.NCCCCCCC(=O)Nc1ccccc1C(=O)Nc1ccc2c(c1)OCCO2. The van der Waals surface area contributed by atoms with Crippen molar-refractivity contribution in [3.05, 3.63) is 48.0 Å². The van der Waals surface area contributed by atoms with Crippen LogP contribution in [0.4, 0.5) is 11.4 Å². The first kappa shape index (κ1) is 23.5. The number of nitrogens with one attached hydrogen (secondary N) is 2. The molecule has 0 unspecified atom stereocenters. The maximum absolute atomic E-state index is 12.8. The van der Waals surface area contributed by atoms with Gasteiger partial charge >= 0.3 is 0 Å². The number of nitrogens with two attached hydrogens (primary N) is 1. The van der Waals surface area contributed by atoms with E-state index in [4.69, 9.17) is 15.2 Å². The fourth-order valence-electron chi connectivity index (χ4n) is 3.11. The molecule has 0 radical (unpaired) electrons. The third kappa shape index (κ3) is 6.64. The number of fused-ring (bicyclic) bond motifs is 1. The van der Waals surface area contributed by atoms with Crippen LogP contribution >= 0.6 is 12.4 Å². The minimum Gasteiger partial charge on any atom is -0.486 e. The van der Waals surface area contributed by atoms with Crippen molar-refractivity contribution in [3.8, 4) is 11.5 Å². The van der Waals surface area contributed by atoms with E-state index in [0.717, 1.165) is 25.7 Å². The molecular formula is C22H28ClN3O4. The lowest BCUT2D eigenvalue weighted by Gasteiger charge is -2.19. The molecular weight excluding hydrogens is 406 g/mol. The van der Waals surface area contributed by atoms with E-state index < -0.39 is 0 Å². The molecule has 8 heteroatoms. The fourth-order valence-corrected chi connectivity index (χ4v) is 3.11. The molecule has 2 aromatic rings. The van der Waals surface area contributed by atoms with Gasteiger partial charge in [-0.2, -0.15) is 0 Å². The molecule has 1 aliphatic heterocycles. The predicted molar refractivity (Wildman–Crippen MR) is 120 cm³/mol. The van der Waals surface area contributed by atoms with Crippen LogP contribution in [0.15, 0.2) is 42.5 Å². The van der Waals surface area contributed by atoms with Crippen LogP contribution in [-0.2, 0) is 4.79 Å². The molecule has 0 bridgehead atoms. The molecule has 0 spiro atoms. The largest absolute Gasteiger partial charge is 0.486 e. The number of benzene rings is 2. The lowest BCUT2D eigenvalue weighted by Crippen LogP contribution is -2.18. The number of hydrogen-bond acceptors (Lipinski definition) is 5. The Morgan fingerprint density at radius 1 is 0.900 bits per heavy atom. The Morgan fingerprint density at radius 2 is 1.63 bits per heavy atom. The van der Waals surface area contributed by atoms with E-state index in [1.165, 1.54) is 0 Å². The molecule has 2 amide bonds. The fraction of sp³-hybridized carbons (Fsp3) is 0.364. The van der Waals surface area contributed by atoms with Crippen LogP contribution in [0.3, 0.4) is 0 Å². The average molecular weight is 434 g/mol. The predicted octanol–water partition coefficient (Wildman–Crippen LogP) is 3.98. The van der Waals surface area contributed by atoms with E-state index in [1.54, 1.807) is 42.5 Å². The van der Waals surface area contributed by atoms with E-state index in [9.17, 15) is 9.59 Å². The van der Waals surface area contributed by atoms with Crippen molar-refractivity contribution in [2.24, 2.45) is 5.73 Å². The molecule has 4 N–H and O–H groups in total. The van der Waals surface area contributed by atoms with E-state index in [-0.39, 0.29) is 24.2 Å². The van der Waals surface area contributed by atoms with Gasteiger partial charge in [0.05, 0.1) is 11.3 Å². The van der Waals surface area contributed by atoms with E-state index in [2.05, 4.69) is 10.6 Å². The highest BCUT2D eigenvalue weighted by Crippen LogP contribution is 2.32. The maximum Gasteiger partial charge on any atom is 0.257 e. The van der Waals surface area contributed by atoms with Crippen LogP contribution in [-0.4, -0.2) is 31.6 Å². The van der Waals surface area contributed by atoms with Gasteiger partial charge in [0, 0.05) is 18.2 Å². The number of carbonyl (C=O) groups excluding carboxylic acids is 2. The van der Waals surface area contributed by atoms with Crippen LogP contribution in [0.25, 0.3) is 0 Å². The highest BCUT2D eigenvalue weighted by molar-refractivity contribution is 6.10. The second-order valence-corrected chi connectivity index (χ2v) is 6.86. The number of ether oxygens (including phenoxy) is 2. The Kier molecular flexibility index (Phi) is 9.44.